The number of halogens is 1. The average molecular weight is 134 g/mol. The minimum atomic E-state index is 0.429. The normalized spacial score (nSPS) is 12.4. The lowest BCUT2D eigenvalue weighted by Gasteiger charge is -2.05. The topological polar surface area (TPSA) is 12.0 Å². The van der Waals surface area contributed by atoms with Gasteiger partial charge in [-0.3, -0.25) is 0 Å². The van der Waals surface area contributed by atoms with Gasteiger partial charge in [0.05, 0.1) is 5.16 Å². The Bertz CT molecular complexity index is 86.5. The van der Waals surface area contributed by atoms with Gasteiger partial charge in [0, 0.05) is 6.04 Å². The maximum Gasteiger partial charge on any atom is 0.0976 e. The van der Waals surface area contributed by atoms with Crippen LogP contribution in [0.3, 0.4) is 0 Å². The van der Waals surface area contributed by atoms with Crippen molar-refractivity contribution in [3.8, 4) is 0 Å². The molecule has 0 radical (unpaired) electrons. The molecule has 0 aliphatic rings. The van der Waals surface area contributed by atoms with Gasteiger partial charge in [0.2, 0.25) is 0 Å². The second-order valence-electron chi connectivity index (χ2n) is 1.94. The average Bonchev–Trinajstić information content (AvgIpc) is 1.65. The Morgan fingerprint density at radius 3 is 2.25 bits per heavy atom. The van der Waals surface area contributed by atoms with Crippen LogP contribution in [0, 0.1) is 0 Å². The Kier molecular flexibility index (Phi) is 3.71. The second kappa shape index (κ2) is 3.79. The molecule has 1 N–H and O–H groups in total. The smallest absolute Gasteiger partial charge is 0.0976 e. The van der Waals surface area contributed by atoms with Crippen LogP contribution in [-0.2, 0) is 0 Å². The number of nitrogens with one attached hydrogen (secondary N) is 1. The van der Waals surface area contributed by atoms with Crippen LogP contribution >= 0.6 is 11.6 Å². The first-order valence-electron chi connectivity index (χ1n) is 2.75. The van der Waals surface area contributed by atoms with Gasteiger partial charge in [-0.2, -0.15) is 0 Å². The van der Waals surface area contributed by atoms with Crippen molar-refractivity contribution in [2.24, 2.45) is 0 Å². The lowest BCUT2D eigenvalue weighted by molar-refractivity contribution is 0.692. The summed E-state index contributed by atoms with van der Waals surface area (Å²) in [7, 11) is 0. The third kappa shape index (κ3) is 4.00. The Balaban J connectivity index is 3.39. The van der Waals surface area contributed by atoms with E-state index in [2.05, 4.69) is 5.32 Å². The predicted molar refractivity (Wildman–Crippen MR) is 37.9 cm³/mol. The Labute approximate surface area is 55.7 Å². The minimum Gasteiger partial charge on any atom is -0.374 e. The van der Waals surface area contributed by atoms with E-state index in [0.29, 0.717) is 6.04 Å². The Hall–Kier alpha value is -0.170. The number of hydrogen-bond acceptors (Lipinski definition) is 1. The molecule has 0 fully saturated rings. The summed E-state index contributed by atoms with van der Waals surface area (Å²) in [5, 5.41) is 3.74. The van der Waals surface area contributed by atoms with E-state index in [0.717, 1.165) is 5.16 Å². The minimum absolute atomic E-state index is 0.429. The molecule has 48 valence electrons. The molecule has 0 aromatic rings. The molecule has 0 saturated heterocycles. The first-order chi connectivity index (χ1) is 3.66. The summed E-state index contributed by atoms with van der Waals surface area (Å²) >= 11 is 5.61. The van der Waals surface area contributed by atoms with E-state index in [1.165, 1.54) is 0 Å². The van der Waals surface area contributed by atoms with Crippen LogP contribution < -0.4 is 5.32 Å². The summed E-state index contributed by atoms with van der Waals surface area (Å²) < 4.78 is 0. The largest absolute Gasteiger partial charge is 0.374 e. The SMILES string of the molecule is CC=C(Cl)NC(C)C. The van der Waals surface area contributed by atoms with Crippen LogP contribution in [0.4, 0.5) is 0 Å². The Morgan fingerprint density at radius 2 is 2.12 bits per heavy atom. The first kappa shape index (κ1) is 7.83. The number of hydrogen-bond donors (Lipinski definition) is 1. The lowest BCUT2D eigenvalue weighted by Crippen LogP contribution is -2.18. The molecule has 0 bridgehead atoms. The molecule has 0 aromatic heterocycles. The molecule has 1 nitrogen and oxygen atoms in total. The van der Waals surface area contributed by atoms with Crippen molar-refractivity contribution in [2.75, 3.05) is 0 Å². The van der Waals surface area contributed by atoms with Gasteiger partial charge < -0.3 is 5.32 Å². The highest BCUT2D eigenvalue weighted by molar-refractivity contribution is 6.29. The van der Waals surface area contributed by atoms with Gasteiger partial charge in [0.1, 0.15) is 0 Å². The first-order valence-corrected chi connectivity index (χ1v) is 3.13. The van der Waals surface area contributed by atoms with Crippen molar-refractivity contribution < 1.29 is 0 Å². The maximum atomic E-state index is 5.61. The molecule has 0 amide bonds. The van der Waals surface area contributed by atoms with Gasteiger partial charge in [-0.05, 0) is 20.8 Å². The van der Waals surface area contributed by atoms with Crippen LogP contribution in [0.2, 0.25) is 0 Å². The van der Waals surface area contributed by atoms with E-state index in [4.69, 9.17) is 11.6 Å². The van der Waals surface area contributed by atoms with Crippen molar-refractivity contribution in [1.29, 1.82) is 0 Å². The highest BCUT2D eigenvalue weighted by Gasteiger charge is 1.90. The summed E-state index contributed by atoms with van der Waals surface area (Å²) in [6.45, 7) is 6.00. The molecule has 0 rings (SSSR count). The van der Waals surface area contributed by atoms with Crippen molar-refractivity contribution in [1.82, 2.24) is 5.32 Å². The fraction of sp³-hybridized carbons (Fsp3) is 0.667. The zero-order chi connectivity index (χ0) is 6.57. The molecule has 8 heavy (non-hydrogen) atoms. The summed E-state index contributed by atoms with van der Waals surface area (Å²) in [6.07, 6.45) is 1.83. The van der Waals surface area contributed by atoms with Gasteiger partial charge in [0.25, 0.3) is 0 Å². The molecule has 0 unspecified atom stereocenters. The van der Waals surface area contributed by atoms with E-state index in [1.54, 1.807) is 0 Å². The van der Waals surface area contributed by atoms with Crippen LogP contribution in [0.25, 0.3) is 0 Å². The van der Waals surface area contributed by atoms with E-state index in [1.807, 2.05) is 26.8 Å². The van der Waals surface area contributed by atoms with Crippen LogP contribution in [-0.4, -0.2) is 6.04 Å². The van der Waals surface area contributed by atoms with Crippen LogP contribution in [0.1, 0.15) is 20.8 Å². The number of rotatable bonds is 2. The standard InChI is InChI=1S/C6H12ClN/c1-4-6(7)8-5(2)3/h4-5,8H,1-3H3. The molecular formula is C6H12ClN. The highest BCUT2D eigenvalue weighted by atomic mass is 35.5. The second-order valence-corrected chi connectivity index (χ2v) is 2.34. The van der Waals surface area contributed by atoms with Crippen molar-refractivity contribution >= 4 is 11.6 Å². The lowest BCUT2D eigenvalue weighted by atomic mass is 10.4. The molecule has 0 atom stereocenters. The quantitative estimate of drug-likeness (QED) is 0.569. The predicted octanol–water partition coefficient (Wildman–Crippen LogP) is 2.08. The monoisotopic (exact) mass is 133 g/mol. The zero-order valence-electron chi connectivity index (χ0n) is 5.53. The van der Waals surface area contributed by atoms with Gasteiger partial charge >= 0.3 is 0 Å². The van der Waals surface area contributed by atoms with Gasteiger partial charge in [-0.1, -0.05) is 17.7 Å². The summed E-state index contributed by atoms with van der Waals surface area (Å²) in [4.78, 5) is 0. The molecule has 0 saturated carbocycles. The Morgan fingerprint density at radius 1 is 1.62 bits per heavy atom. The van der Waals surface area contributed by atoms with E-state index >= 15 is 0 Å². The maximum absolute atomic E-state index is 5.61. The molecule has 2 heteroatoms. The van der Waals surface area contributed by atoms with E-state index in [9.17, 15) is 0 Å². The van der Waals surface area contributed by atoms with Gasteiger partial charge in [-0.15, -0.1) is 0 Å². The fourth-order valence-electron chi connectivity index (χ4n) is 0.359. The number of allylic oxidation sites excluding steroid dienone is 1. The molecule has 0 aromatic carbocycles. The third-order valence-electron chi connectivity index (χ3n) is 0.680. The van der Waals surface area contributed by atoms with Crippen molar-refractivity contribution in [2.45, 2.75) is 26.8 Å². The van der Waals surface area contributed by atoms with Gasteiger partial charge in [0.15, 0.2) is 0 Å². The highest BCUT2D eigenvalue weighted by Crippen LogP contribution is 1.95. The fourth-order valence-corrected chi connectivity index (χ4v) is 0.577. The van der Waals surface area contributed by atoms with E-state index < -0.39 is 0 Å². The molecule has 0 heterocycles. The summed E-state index contributed by atoms with van der Waals surface area (Å²) in [5.41, 5.74) is 0. The van der Waals surface area contributed by atoms with Crippen molar-refractivity contribution in [3.05, 3.63) is 11.2 Å². The molecule has 0 spiro atoms. The molecular weight excluding hydrogens is 122 g/mol. The van der Waals surface area contributed by atoms with E-state index in [-0.39, 0.29) is 0 Å². The summed E-state index contributed by atoms with van der Waals surface area (Å²) in [6, 6.07) is 0.429. The molecule has 0 aliphatic heterocycles. The molecule has 0 aliphatic carbocycles. The summed E-state index contributed by atoms with van der Waals surface area (Å²) in [5.74, 6) is 0. The third-order valence-corrected chi connectivity index (χ3v) is 1.01. The zero-order valence-corrected chi connectivity index (χ0v) is 6.29. The van der Waals surface area contributed by atoms with Crippen LogP contribution in [0.5, 0.6) is 0 Å². The van der Waals surface area contributed by atoms with Gasteiger partial charge in [-0.25, -0.2) is 0 Å². The van der Waals surface area contributed by atoms with Crippen molar-refractivity contribution in [3.63, 3.8) is 0 Å². The van der Waals surface area contributed by atoms with Crippen LogP contribution in [0.15, 0.2) is 11.2 Å².